The number of benzene rings is 2. The Kier molecular flexibility index (Phi) is 6.60. The first-order chi connectivity index (χ1) is 13.0. The zero-order valence-corrected chi connectivity index (χ0v) is 17.3. The van der Waals surface area contributed by atoms with Crippen molar-refractivity contribution >= 4 is 63.5 Å². The van der Waals surface area contributed by atoms with Crippen molar-refractivity contribution in [3.8, 4) is 5.75 Å². The van der Waals surface area contributed by atoms with Gasteiger partial charge in [0.15, 0.2) is 0 Å². The molecule has 3 nitrogen and oxygen atoms in total. The molecule has 0 saturated carbocycles. The standard InChI is InChI=1S/C20H15Cl2NO2S2/c1-2-8-23-19(24)18(27-20(23)26)11-14-10-16(22)6-7-17(14)25-12-13-4-3-5-15(21)9-13/h2-7,9-11H,1,8,12H2/b18-11-. The molecule has 1 amide bonds. The SMILES string of the molecule is C=CCN1C(=O)/C(=C/c2cc(Cl)ccc2OCc2cccc(Cl)c2)SC1=S. The first kappa shape index (κ1) is 20.0. The number of carbonyl (C=O) groups is 1. The molecule has 3 rings (SSSR count). The molecule has 0 radical (unpaired) electrons. The minimum Gasteiger partial charge on any atom is -0.488 e. The van der Waals surface area contributed by atoms with Crippen LogP contribution in [0.2, 0.25) is 10.0 Å². The van der Waals surface area contributed by atoms with E-state index in [0.717, 1.165) is 5.56 Å². The summed E-state index contributed by atoms with van der Waals surface area (Å²) < 4.78 is 6.44. The Morgan fingerprint density at radius 3 is 2.70 bits per heavy atom. The van der Waals surface area contributed by atoms with E-state index in [1.165, 1.54) is 16.7 Å². The number of nitrogens with zero attached hydrogens (tertiary/aromatic N) is 1. The predicted octanol–water partition coefficient (Wildman–Crippen LogP) is 5.96. The minimum atomic E-state index is -0.148. The topological polar surface area (TPSA) is 29.5 Å². The molecular formula is C20H15Cl2NO2S2. The summed E-state index contributed by atoms with van der Waals surface area (Å²) in [6, 6.07) is 12.7. The Bertz CT molecular complexity index is 943. The lowest BCUT2D eigenvalue weighted by Crippen LogP contribution is -2.27. The average Bonchev–Trinajstić information content (AvgIpc) is 2.89. The molecule has 2 aromatic carbocycles. The lowest BCUT2D eigenvalue weighted by atomic mass is 10.1. The van der Waals surface area contributed by atoms with Crippen LogP contribution in [0.15, 0.2) is 60.0 Å². The van der Waals surface area contributed by atoms with E-state index in [1.54, 1.807) is 30.4 Å². The van der Waals surface area contributed by atoms with Crippen molar-refractivity contribution in [1.82, 2.24) is 4.90 Å². The zero-order valence-electron chi connectivity index (χ0n) is 14.2. The van der Waals surface area contributed by atoms with Crippen molar-refractivity contribution in [2.45, 2.75) is 6.61 Å². The van der Waals surface area contributed by atoms with Crippen molar-refractivity contribution in [2.24, 2.45) is 0 Å². The highest BCUT2D eigenvalue weighted by atomic mass is 35.5. The third-order valence-electron chi connectivity index (χ3n) is 3.73. The van der Waals surface area contributed by atoms with Gasteiger partial charge in [-0.15, -0.1) is 6.58 Å². The zero-order chi connectivity index (χ0) is 19.4. The molecule has 0 spiro atoms. The molecule has 1 saturated heterocycles. The van der Waals surface area contributed by atoms with Gasteiger partial charge in [-0.3, -0.25) is 9.69 Å². The van der Waals surface area contributed by atoms with E-state index in [4.69, 9.17) is 40.2 Å². The summed E-state index contributed by atoms with van der Waals surface area (Å²) in [6.07, 6.45) is 3.40. The second kappa shape index (κ2) is 8.93. The van der Waals surface area contributed by atoms with Gasteiger partial charge in [0.1, 0.15) is 16.7 Å². The predicted molar refractivity (Wildman–Crippen MR) is 117 cm³/mol. The van der Waals surface area contributed by atoms with E-state index < -0.39 is 0 Å². The van der Waals surface area contributed by atoms with E-state index in [-0.39, 0.29) is 5.91 Å². The Morgan fingerprint density at radius 2 is 1.96 bits per heavy atom. The van der Waals surface area contributed by atoms with Gasteiger partial charge in [0.05, 0.1) is 4.91 Å². The van der Waals surface area contributed by atoms with Crippen LogP contribution in [0, 0.1) is 0 Å². The third-order valence-corrected chi connectivity index (χ3v) is 5.58. The molecule has 0 aliphatic carbocycles. The third kappa shape index (κ3) is 4.93. The maximum Gasteiger partial charge on any atom is 0.266 e. The number of hydrogen-bond donors (Lipinski definition) is 0. The second-order valence-electron chi connectivity index (χ2n) is 5.68. The van der Waals surface area contributed by atoms with Gasteiger partial charge in [-0.2, -0.15) is 0 Å². The molecule has 0 bridgehead atoms. The van der Waals surface area contributed by atoms with E-state index in [0.29, 0.717) is 43.7 Å². The molecule has 27 heavy (non-hydrogen) atoms. The van der Waals surface area contributed by atoms with Gasteiger partial charge in [-0.1, -0.05) is 65.4 Å². The summed E-state index contributed by atoms with van der Waals surface area (Å²) in [5, 5.41) is 1.20. The van der Waals surface area contributed by atoms with E-state index in [1.807, 2.05) is 24.3 Å². The van der Waals surface area contributed by atoms with Gasteiger partial charge in [-0.25, -0.2) is 0 Å². The summed E-state index contributed by atoms with van der Waals surface area (Å²) >= 11 is 18.7. The molecule has 1 fully saturated rings. The number of ether oxygens (including phenoxy) is 1. The smallest absolute Gasteiger partial charge is 0.266 e. The maximum atomic E-state index is 12.5. The highest BCUT2D eigenvalue weighted by Crippen LogP contribution is 2.35. The fourth-order valence-corrected chi connectivity index (χ4v) is 4.14. The van der Waals surface area contributed by atoms with Crippen LogP contribution in [0.1, 0.15) is 11.1 Å². The molecular weight excluding hydrogens is 421 g/mol. The summed E-state index contributed by atoms with van der Waals surface area (Å²) in [6.45, 7) is 4.39. The van der Waals surface area contributed by atoms with Gasteiger partial charge < -0.3 is 4.74 Å². The molecule has 0 aromatic heterocycles. The lowest BCUT2D eigenvalue weighted by molar-refractivity contribution is -0.121. The monoisotopic (exact) mass is 435 g/mol. The first-order valence-corrected chi connectivity index (χ1v) is 9.99. The Balaban J connectivity index is 1.85. The molecule has 7 heteroatoms. The quantitative estimate of drug-likeness (QED) is 0.318. The van der Waals surface area contributed by atoms with Crippen LogP contribution in [-0.2, 0) is 11.4 Å². The number of carbonyl (C=O) groups excluding carboxylic acids is 1. The van der Waals surface area contributed by atoms with Gasteiger partial charge in [-0.05, 0) is 42.0 Å². The molecule has 1 aliphatic heterocycles. The molecule has 0 atom stereocenters. The molecule has 0 N–H and O–H groups in total. The Hall–Kier alpha value is -1.79. The van der Waals surface area contributed by atoms with Crippen LogP contribution in [0.4, 0.5) is 0 Å². The molecule has 1 heterocycles. The molecule has 2 aromatic rings. The van der Waals surface area contributed by atoms with Crippen LogP contribution in [0.5, 0.6) is 5.75 Å². The number of rotatable bonds is 6. The van der Waals surface area contributed by atoms with E-state index >= 15 is 0 Å². The normalized spacial score (nSPS) is 15.5. The number of hydrogen-bond acceptors (Lipinski definition) is 4. The summed E-state index contributed by atoms with van der Waals surface area (Å²) in [7, 11) is 0. The highest BCUT2D eigenvalue weighted by Gasteiger charge is 2.31. The number of thiocarbonyl (C=S) groups is 1. The Morgan fingerprint density at radius 1 is 1.19 bits per heavy atom. The molecule has 138 valence electrons. The summed E-state index contributed by atoms with van der Waals surface area (Å²) in [5.74, 6) is 0.471. The van der Waals surface area contributed by atoms with E-state index in [9.17, 15) is 4.79 Å². The van der Waals surface area contributed by atoms with Crippen LogP contribution in [0.3, 0.4) is 0 Å². The van der Waals surface area contributed by atoms with Crippen LogP contribution in [-0.4, -0.2) is 21.7 Å². The van der Waals surface area contributed by atoms with Crippen LogP contribution in [0.25, 0.3) is 6.08 Å². The van der Waals surface area contributed by atoms with Crippen molar-refractivity contribution in [3.05, 3.63) is 81.2 Å². The molecule has 1 aliphatic rings. The van der Waals surface area contributed by atoms with Crippen molar-refractivity contribution in [1.29, 1.82) is 0 Å². The fourth-order valence-electron chi connectivity index (χ4n) is 2.48. The van der Waals surface area contributed by atoms with Gasteiger partial charge in [0.2, 0.25) is 0 Å². The van der Waals surface area contributed by atoms with Crippen LogP contribution >= 0.6 is 47.2 Å². The van der Waals surface area contributed by atoms with Crippen molar-refractivity contribution in [3.63, 3.8) is 0 Å². The number of halogens is 2. The fraction of sp³-hybridized carbons (Fsp3) is 0.100. The number of thioether (sulfide) groups is 1. The highest BCUT2D eigenvalue weighted by molar-refractivity contribution is 8.26. The van der Waals surface area contributed by atoms with Crippen molar-refractivity contribution in [2.75, 3.05) is 6.54 Å². The van der Waals surface area contributed by atoms with Crippen molar-refractivity contribution < 1.29 is 9.53 Å². The summed E-state index contributed by atoms with van der Waals surface area (Å²) in [4.78, 5) is 14.6. The second-order valence-corrected chi connectivity index (χ2v) is 8.23. The Labute approximate surface area is 177 Å². The van der Waals surface area contributed by atoms with Crippen LogP contribution < -0.4 is 4.74 Å². The van der Waals surface area contributed by atoms with Gasteiger partial charge >= 0.3 is 0 Å². The van der Waals surface area contributed by atoms with Gasteiger partial charge in [0, 0.05) is 22.2 Å². The number of amides is 1. The largest absolute Gasteiger partial charge is 0.488 e. The minimum absolute atomic E-state index is 0.148. The lowest BCUT2D eigenvalue weighted by Gasteiger charge is -2.11. The summed E-state index contributed by atoms with van der Waals surface area (Å²) in [5.41, 5.74) is 1.66. The van der Waals surface area contributed by atoms with E-state index in [2.05, 4.69) is 6.58 Å². The maximum absolute atomic E-state index is 12.5. The van der Waals surface area contributed by atoms with Gasteiger partial charge in [0.25, 0.3) is 5.91 Å². The average molecular weight is 436 g/mol. The first-order valence-electron chi connectivity index (χ1n) is 8.01. The molecule has 0 unspecified atom stereocenters.